The van der Waals surface area contributed by atoms with Crippen molar-refractivity contribution in [2.24, 2.45) is 0 Å². The molecule has 6 heteroatoms. The monoisotopic (exact) mass is 275 g/mol. The molecule has 0 saturated heterocycles. The van der Waals surface area contributed by atoms with Crippen LogP contribution in [-0.4, -0.2) is 15.2 Å². The molecule has 0 aliphatic carbocycles. The summed E-state index contributed by atoms with van der Waals surface area (Å²) in [5.74, 6) is -0.395. The second-order valence-corrected chi connectivity index (χ2v) is 4.90. The van der Waals surface area contributed by atoms with E-state index in [2.05, 4.69) is 4.98 Å². The van der Waals surface area contributed by atoms with Crippen molar-refractivity contribution in [1.29, 1.82) is 0 Å². The third kappa shape index (κ3) is 1.68. The minimum absolute atomic E-state index is 0.0113. The average Bonchev–Trinajstić information content (AvgIpc) is 2.88. The third-order valence-electron chi connectivity index (χ3n) is 2.84. The molecule has 0 atom stereocenters. The second kappa shape index (κ2) is 4.10. The Balaban J connectivity index is 2.46. The minimum atomic E-state index is -0.427. The van der Waals surface area contributed by atoms with E-state index in [1.807, 2.05) is 0 Å². The van der Waals surface area contributed by atoms with Crippen LogP contribution in [0.4, 0.5) is 0 Å². The Labute approximate surface area is 111 Å². The summed E-state index contributed by atoms with van der Waals surface area (Å²) in [4.78, 5) is 16.5. The Bertz CT molecular complexity index is 821. The van der Waals surface area contributed by atoms with E-state index in [0.29, 0.717) is 16.3 Å². The number of aromatic nitrogens is 1. The van der Waals surface area contributed by atoms with Gasteiger partial charge in [-0.3, -0.25) is 4.79 Å². The third-order valence-corrected chi connectivity index (χ3v) is 3.63. The Morgan fingerprint density at radius 3 is 2.79 bits per heavy atom. The molecule has 0 fully saturated rings. The van der Waals surface area contributed by atoms with Crippen LogP contribution in [0.1, 0.15) is 5.76 Å². The van der Waals surface area contributed by atoms with Gasteiger partial charge in [-0.25, -0.2) is 4.98 Å². The Kier molecular flexibility index (Phi) is 2.53. The standard InChI is InChI=1S/C13H9NO4S/c1-6-9(13-14-4-5-19-13)10(16)7-2-3-8(15)11(17)12(7)18-6/h2-5,15,17H,1H3. The lowest BCUT2D eigenvalue weighted by molar-refractivity contribution is 0.398. The van der Waals surface area contributed by atoms with E-state index in [0.717, 1.165) is 0 Å². The van der Waals surface area contributed by atoms with Crippen molar-refractivity contribution in [2.45, 2.75) is 6.92 Å². The molecule has 1 aromatic carbocycles. The van der Waals surface area contributed by atoms with E-state index in [1.54, 1.807) is 18.5 Å². The Hall–Kier alpha value is -2.34. The first kappa shape index (κ1) is 11.7. The molecule has 2 heterocycles. The van der Waals surface area contributed by atoms with Gasteiger partial charge in [0.25, 0.3) is 0 Å². The van der Waals surface area contributed by atoms with Crippen molar-refractivity contribution in [3.63, 3.8) is 0 Å². The van der Waals surface area contributed by atoms with Crippen molar-refractivity contribution in [2.75, 3.05) is 0 Å². The van der Waals surface area contributed by atoms with Gasteiger partial charge in [-0.2, -0.15) is 0 Å². The number of phenolic OH excluding ortho intramolecular Hbond substituents is 2. The summed E-state index contributed by atoms with van der Waals surface area (Å²) in [5, 5.41) is 21.7. The lowest BCUT2D eigenvalue weighted by Gasteiger charge is -2.06. The number of rotatable bonds is 1. The molecular formula is C13H9NO4S. The number of fused-ring (bicyclic) bond motifs is 1. The molecule has 19 heavy (non-hydrogen) atoms. The van der Waals surface area contributed by atoms with Crippen LogP contribution >= 0.6 is 11.3 Å². The van der Waals surface area contributed by atoms with Crippen LogP contribution in [0.25, 0.3) is 21.5 Å². The molecule has 2 N–H and O–H groups in total. The van der Waals surface area contributed by atoms with E-state index < -0.39 is 5.75 Å². The highest BCUT2D eigenvalue weighted by Gasteiger charge is 2.18. The lowest BCUT2D eigenvalue weighted by Crippen LogP contribution is -2.07. The number of aromatic hydroxyl groups is 2. The summed E-state index contributed by atoms with van der Waals surface area (Å²) in [6, 6.07) is 2.68. The zero-order valence-electron chi connectivity index (χ0n) is 9.88. The van der Waals surface area contributed by atoms with Gasteiger partial charge in [0.05, 0.1) is 10.9 Å². The van der Waals surface area contributed by atoms with E-state index in [1.165, 1.54) is 23.5 Å². The highest BCUT2D eigenvalue weighted by atomic mass is 32.1. The van der Waals surface area contributed by atoms with Crippen molar-refractivity contribution < 1.29 is 14.6 Å². The van der Waals surface area contributed by atoms with Gasteiger partial charge in [-0.05, 0) is 19.1 Å². The van der Waals surface area contributed by atoms with Gasteiger partial charge in [0.15, 0.2) is 11.3 Å². The molecule has 0 aliphatic rings. The van der Waals surface area contributed by atoms with Gasteiger partial charge in [0.2, 0.25) is 11.2 Å². The van der Waals surface area contributed by atoms with Crippen molar-refractivity contribution in [3.8, 4) is 22.1 Å². The van der Waals surface area contributed by atoms with Crippen molar-refractivity contribution in [3.05, 3.63) is 39.7 Å². The summed E-state index contributed by atoms with van der Waals surface area (Å²) in [6.45, 7) is 1.63. The maximum atomic E-state index is 12.4. The number of nitrogens with zero attached hydrogens (tertiary/aromatic N) is 1. The normalized spacial score (nSPS) is 11.0. The maximum Gasteiger partial charge on any atom is 0.203 e. The first-order valence-electron chi connectivity index (χ1n) is 5.48. The molecule has 3 aromatic rings. The first-order chi connectivity index (χ1) is 9.09. The maximum absolute atomic E-state index is 12.4. The SMILES string of the molecule is Cc1oc2c(O)c(O)ccc2c(=O)c1-c1nccs1. The molecule has 5 nitrogen and oxygen atoms in total. The summed E-state index contributed by atoms with van der Waals surface area (Å²) in [7, 11) is 0. The highest BCUT2D eigenvalue weighted by molar-refractivity contribution is 7.13. The topological polar surface area (TPSA) is 83.6 Å². The quantitative estimate of drug-likeness (QED) is 0.667. The molecule has 0 radical (unpaired) electrons. The zero-order valence-corrected chi connectivity index (χ0v) is 10.7. The highest BCUT2D eigenvalue weighted by Crippen LogP contribution is 2.34. The largest absolute Gasteiger partial charge is 0.504 e. The number of hydrogen-bond donors (Lipinski definition) is 2. The molecule has 2 aromatic heterocycles. The molecule has 3 rings (SSSR count). The Morgan fingerprint density at radius 1 is 1.32 bits per heavy atom. The summed E-state index contributed by atoms with van der Waals surface area (Å²) >= 11 is 1.34. The van der Waals surface area contributed by atoms with Gasteiger partial charge in [-0.15, -0.1) is 11.3 Å². The van der Waals surface area contributed by atoms with Crippen molar-refractivity contribution in [1.82, 2.24) is 4.98 Å². The number of aryl methyl sites for hydroxylation is 1. The van der Waals surface area contributed by atoms with E-state index in [-0.39, 0.29) is 22.1 Å². The molecule has 0 bridgehead atoms. The first-order valence-corrected chi connectivity index (χ1v) is 6.35. The van der Waals surface area contributed by atoms with E-state index >= 15 is 0 Å². The zero-order chi connectivity index (χ0) is 13.6. The van der Waals surface area contributed by atoms with Crippen LogP contribution in [0.15, 0.2) is 32.9 Å². The average molecular weight is 275 g/mol. The van der Waals surface area contributed by atoms with E-state index in [9.17, 15) is 15.0 Å². The summed E-state index contributed by atoms with van der Waals surface area (Å²) < 4.78 is 5.47. The predicted molar refractivity (Wildman–Crippen MR) is 71.7 cm³/mol. The second-order valence-electron chi connectivity index (χ2n) is 4.01. The Morgan fingerprint density at radius 2 is 2.11 bits per heavy atom. The van der Waals surface area contributed by atoms with Crippen molar-refractivity contribution >= 4 is 22.3 Å². The van der Waals surface area contributed by atoms with Gasteiger partial charge >= 0.3 is 0 Å². The summed E-state index contributed by atoms with van der Waals surface area (Å²) in [6.07, 6.45) is 1.61. The number of thiazole rings is 1. The van der Waals surface area contributed by atoms with Gasteiger partial charge in [0, 0.05) is 11.6 Å². The smallest absolute Gasteiger partial charge is 0.203 e. The molecule has 0 amide bonds. The molecule has 0 aliphatic heterocycles. The van der Waals surface area contributed by atoms with Crippen LogP contribution in [-0.2, 0) is 0 Å². The fourth-order valence-corrected chi connectivity index (χ4v) is 2.66. The molecule has 0 spiro atoms. The molecular weight excluding hydrogens is 266 g/mol. The van der Waals surface area contributed by atoms with Crippen LogP contribution in [0.2, 0.25) is 0 Å². The van der Waals surface area contributed by atoms with Gasteiger partial charge < -0.3 is 14.6 Å². The van der Waals surface area contributed by atoms with Crippen LogP contribution in [0.5, 0.6) is 11.5 Å². The minimum Gasteiger partial charge on any atom is -0.504 e. The molecule has 0 saturated carbocycles. The summed E-state index contributed by atoms with van der Waals surface area (Å²) in [5.41, 5.74) is 0.0967. The number of hydrogen-bond acceptors (Lipinski definition) is 6. The number of benzene rings is 1. The molecule has 0 unspecified atom stereocenters. The van der Waals surface area contributed by atoms with Crippen LogP contribution < -0.4 is 5.43 Å². The number of phenols is 2. The predicted octanol–water partition coefficient (Wildman–Crippen LogP) is 2.64. The fourth-order valence-electron chi connectivity index (χ4n) is 1.94. The molecule has 96 valence electrons. The van der Waals surface area contributed by atoms with Crippen LogP contribution in [0, 0.1) is 6.92 Å². The van der Waals surface area contributed by atoms with Gasteiger partial charge in [0.1, 0.15) is 10.8 Å². The van der Waals surface area contributed by atoms with E-state index in [4.69, 9.17) is 4.42 Å². The van der Waals surface area contributed by atoms with Gasteiger partial charge in [-0.1, -0.05) is 0 Å². The van der Waals surface area contributed by atoms with Crippen LogP contribution in [0.3, 0.4) is 0 Å². The lowest BCUT2D eigenvalue weighted by atomic mass is 10.1. The fraction of sp³-hybridized carbons (Fsp3) is 0.0769.